The van der Waals surface area contributed by atoms with Crippen LogP contribution in [0, 0.1) is 0 Å². The summed E-state index contributed by atoms with van der Waals surface area (Å²) in [4.78, 5) is 22.6. The molecule has 0 saturated heterocycles. The molecule has 0 aliphatic rings. The molecule has 0 heterocycles. The van der Waals surface area contributed by atoms with Gasteiger partial charge in [-0.25, -0.2) is 4.57 Å². The van der Waals surface area contributed by atoms with Gasteiger partial charge in [-0.3, -0.25) is 13.8 Å². The number of unbranched alkanes of at least 4 members (excludes halogenated alkanes) is 30. The van der Waals surface area contributed by atoms with Crippen LogP contribution < -0.4 is 0 Å². The molecule has 0 aromatic heterocycles. The number of esters is 1. The lowest BCUT2D eigenvalue weighted by Crippen LogP contribution is -2.29. The predicted molar refractivity (Wildman–Crippen MR) is 233 cm³/mol. The number of aliphatic hydroxyl groups is 2. The van der Waals surface area contributed by atoms with Crippen molar-refractivity contribution in [2.75, 3.05) is 33.0 Å². The minimum absolute atomic E-state index is 0.0509. The zero-order valence-corrected chi connectivity index (χ0v) is 37.5. The maximum Gasteiger partial charge on any atom is 0.472 e. The van der Waals surface area contributed by atoms with E-state index in [2.05, 4.69) is 26.0 Å². The Labute approximate surface area is 345 Å². The molecule has 3 atom stereocenters. The Morgan fingerprint density at radius 1 is 0.536 bits per heavy atom. The van der Waals surface area contributed by atoms with Crippen LogP contribution in [0.1, 0.15) is 232 Å². The number of carbonyl (C=O) groups is 1. The van der Waals surface area contributed by atoms with Gasteiger partial charge in [0.1, 0.15) is 12.2 Å². The van der Waals surface area contributed by atoms with Crippen molar-refractivity contribution in [2.24, 2.45) is 0 Å². The number of hydrogen-bond acceptors (Lipinski definition) is 8. The maximum atomic E-state index is 12.6. The van der Waals surface area contributed by atoms with E-state index in [0.717, 1.165) is 44.9 Å². The van der Waals surface area contributed by atoms with Crippen LogP contribution in [-0.2, 0) is 27.9 Å². The second kappa shape index (κ2) is 43.8. The molecule has 0 aliphatic heterocycles. The first kappa shape index (κ1) is 55.2. The van der Waals surface area contributed by atoms with Crippen molar-refractivity contribution >= 4 is 13.8 Å². The quantitative estimate of drug-likeness (QED) is 0.0238. The maximum absolute atomic E-state index is 12.6. The van der Waals surface area contributed by atoms with Crippen LogP contribution in [0.15, 0.2) is 12.2 Å². The molecule has 3 unspecified atom stereocenters. The fourth-order valence-electron chi connectivity index (χ4n) is 6.82. The molecule has 0 aromatic carbocycles. The number of rotatable bonds is 46. The summed E-state index contributed by atoms with van der Waals surface area (Å²) in [6.45, 7) is 3.55. The Hall–Kier alpha value is -0.800. The van der Waals surface area contributed by atoms with Gasteiger partial charge in [-0.15, -0.1) is 0 Å². The average molecular weight is 819 g/mol. The summed E-state index contributed by atoms with van der Waals surface area (Å²) in [5, 5.41) is 18.4. The lowest BCUT2D eigenvalue weighted by Gasteiger charge is -2.20. The predicted octanol–water partition coefficient (Wildman–Crippen LogP) is 13.3. The topological polar surface area (TPSA) is 132 Å². The van der Waals surface area contributed by atoms with Crippen molar-refractivity contribution in [1.82, 2.24) is 0 Å². The molecule has 9 nitrogen and oxygen atoms in total. The zero-order valence-electron chi connectivity index (χ0n) is 36.6. The summed E-state index contributed by atoms with van der Waals surface area (Å²) in [5.41, 5.74) is 0. The summed E-state index contributed by atoms with van der Waals surface area (Å²) in [5.74, 6) is -0.379. The smallest absolute Gasteiger partial charge is 0.457 e. The molecule has 10 heteroatoms. The third-order valence-electron chi connectivity index (χ3n) is 10.5. The Morgan fingerprint density at radius 2 is 0.911 bits per heavy atom. The summed E-state index contributed by atoms with van der Waals surface area (Å²) >= 11 is 0. The standard InChI is InChI=1S/C46H91O9P/c1-3-5-7-9-11-13-15-17-19-21-22-24-26-28-30-32-34-36-38-46(49)55-45(43-54-56(50,51)53-41-44(48)40-47)42-52-39-37-35-33-31-29-27-25-23-20-18-16-14-12-10-8-6-4-2/h20,23,44-45,47-48H,3-19,21-22,24-43H2,1-2H3,(H,50,51)/b23-20-. The second-order valence-electron chi connectivity index (χ2n) is 16.1. The third kappa shape index (κ3) is 42.8. The molecule has 0 fully saturated rings. The summed E-state index contributed by atoms with van der Waals surface area (Å²) in [7, 11) is -4.52. The minimum atomic E-state index is -4.52. The van der Waals surface area contributed by atoms with Gasteiger partial charge in [0.15, 0.2) is 0 Å². The molecule has 334 valence electrons. The van der Waals surface area contributed by atoms with Crippen LogP contribution >= 0.6 is 7.82 Å². The lowest BCUT2D eigenvalue weighted by molar-refractivity contribution is -0.154. The van der Waals surface area contributed by atoms with Gasteiger partial charge >= 0.3 is 13.8 Å². The van der Waals surface area contributed by atoms with Crippen molar-refractivity contribution in [3.8, 4) is 0 Å². The second-order valence-corrected chi connectivity index (χ2v) is 17.6. The number of allylic oxidation sites excluding steroid dienone is 2. The van der Waals surface area contributed by atoms with Crippen molar-refractivity contribution in [3.05, 3.63) is 12.2 Å². The Bertz CT molecular complexity index is 887. The van der Waals surface area contributed by atoms with Crippen LogP contribution in [0.5, 0.6) is 0 Å². The number of carbonyl (C=O) groups excluding carboxylic acids is 1. The number of phosphoric ester groups is 1. The fourth-order valence-corrected chi connectivity index (χ4v) is 7.61. The van der Waals surface area contributed by atoms with Gasteiger partial charge in [-0.05, 0) is 38.5 Å². The van der Waals surface area contributed by atoms with Crippen molar-refractivity contribution in [2.45, 2.75) is 244 Å². The Morgan fingerprint density at radius 3 is 1.34 bits per heavy atom. The largest absolute Gasteiger partial charge is 0.472 e. The molecule has 0 amide bonds. The highest BCUT2D eigenvalue weighted by molar-refractivity contribution is 7.47. The molecule has 0 aliphatic carbocycles. The zero-order chi connectivity index (χ0) is 41.1. The Kier molecular flexibility index (Phi) is 43.1. The SMILES string of the molecule is CCCCCCCCC/C=C\CCCCCCCCOCC(COP(=O)(O)OCC(O)CO)OC(=O)CCCCCCCCCCCCCCCCCCCC. The van der Waals surface area contributed by atoms with Gasteiger partial charge in [-0.1, -0.05) is 199 Å². The number of aliphatic hydroxyl groups excluding tert-OH is 2. The normalized spacial score (nSPS) is 14.0. The number of phosphoric acid groups is 1. The molecule has 0 rings (SSSR count). The minimum Gasteiger partial charge on any atom is -0.457 e. The van der Waals surface area contributed by atoms with E-state index in [1.165, 1.54) is 167 Å². The van der Waals surface area contributed by atoms with Gasteiger partial charge in [-0.2, -0.15) is 0 Å². The highest BCUT2D eigenvalue weighted by Crippen LogP contribution is 2.43. The molecule has 0 aromatic rings. The van der Waals surface area contributed by atoms with Crippen molar-refractivity contribution in [1.29, 1.82) is 0 Å². The van der Waals surface area contributed by atoms with E-state index in [1.807, 2.05) is 0 Å². The number of hydrogen-bond donors (Lipinski definition) is 3. The van der Waals surface area contributed by atoms with E-state index in [9.17, 15) is 19.4 Å². The van der Waals surface area contributed by atoms with Crippen molar-refractivity contribution < 1.29 is 43.0 Å². The van der Waals surface area contributed by atoms with Crippen LogP contribution in [0.4, 0.5) is 0 Å². The summed E-state index contributed by atoms with van der Waals surface area (Å²) in [6, 6.07) is 0. The lowest BCUT2D eigenvalue weighted by atomic mass is 10.0. The van der Waals surface area contributed by atoms with E-state index in [0.29, 0.717) is 6.61 Å². The average Bonchev–Trinajstić information content (AvgIpc) is 3.19. The van der Waals surface area contributed by atoms with Gasteiger partial charge in [0.25, 0.3) is 0 Å². The first-order valence-electron chi connectivity index (χ1n) is 23.7. The van der Waals surface area contributed by atoms with Crippen molar-refractivity contribution in [3.63, 3.8) is 0 Å². The molecule has 56 heavy (non-hydrogen) atoms. The van der Waals surface area contributed by atoms with Gasteiger partial charge in [0.05, 0.1) is 26.4 Å². The molecule has 0 radical (unpaired) electrons. The van der Waals surface area contributed by atoms with Crippen LogP contribution in [-0.4, -0.2) is 66.3 Å². The fraction of sp³-hybridized carbons (Fsp3) is 0.935. The summed E-state index contributed by atoms with van der Waals surface area (Å²) < 4.78 is 33.4. The monoisotopic (exact) mass is 819 g/mol. The summed E-state index contributed by atoms with van der Waals surface area (Å²) in [6.07, 6.45) is 44.5. The van der Waals surface area contributed by atoms with E-state index in [-0.39, 0.29) is 25.6 Å². The van der Waals surface area contributed by atoms with E-state index in [4.69, 9.17) is 23.6 Å². The molecule has 0 bridgehead atoms. The van der Waals surface area contributed by atoms with E-state index in [1.54, 1.807) is 0 Å². The van der Waals surface area contributed by atoms with Gasteiger partial charge < -0.3 is 24.6 Å². The molecule has 0 spiro atoms. The molecule has 0 saturated carbocycles. The van der Waals surface area contributed by atoms with Gasteiger partial charge in [0, 0.05) is 13.0 Å². The van der Waals surface area contributed by atoms with E-state index < -0.39 is 33.2 Å². The first-order chi connectivity index (χ1) is 27.3. The molecular weight excluding hydrogens is 727 g/mol. The highest BCUT2D eigenvalue weighted by atomic mass is 31.2. The Balaban J connectivity index is 4.10. The highest BCUT2D eigenvalue weighted by Gasteiger charge is 2.26. The third-order valence-corrected chi connectivity index (χ3v) is 11.4. The van der Waals surface area contributed by atoms with Crippen LogP contribution in [0.2, 0.25) is 0 Å². The molecular formula is C46H91O9P. The van der Waals surface area contributed by atoms with E-state index >= 15 is 0 Å². The first-order valence-corrected chi connectivity index (χ1v) is 25.2. The van der Waals surface area contributed by atoms with Gasteiger partial charge in [0.2, 0.25) is 0 Å². The van der Waals surface area contributed by atoms with Crippen LogP contribution in [0.3, 0.4) is 0 Å². The number of ether oxygens (including phenoxy) is 2. The van der Waals surface area contributed by atoms with Crippen LogP contribution in [0.25, 0.3) is 0 Å². The molecule has 3 N–H and O–H groups in total.